The molecule has 0 aliphatic rings. The maximum atomic E-state index is 12.1. The van der Waals surface area contributed by atoms with Crippen molar-refractivity contribution in [2.75, 3.05) is 13.1 Å². The number of hydrogen-bond acceptors (Lipinski definition) is 3. The van der Waals surface area contributed by atoms with Crippen molar-refractivity contribution < 1.29 is 9.59 Å². The molecule has 0 aliphatic heterocycles. The Morgan fingerprint density at radius 2 is 1.65 bits per heavy atom. The van der Waals surface area contributed by atoms with Crippen molar-refractivity contribution in [3.05, 3.63) is 70.8 Å². The van der Waals surface area contributed by atoms with Crippen molar-refractivity contribution in [2.24, 2.45) is 5.73 Å². The van der Waals surface area contributed by atoms with Gasteiger partial charge in [0.15, 0.2) is 0 Å². The molecule has 0 bridgehead atoms. The zero-order chi connectivity index (χ0) is 16.7. The average Bonchev–Trinajstić information content (AvgIpc) is 2.58. The van der Waals surface area contributed by atoms with E-state index in [1.165, 1.54) is 0 Å². The maximum absolute atomic E-state index is 12.1. The highest BCUT2D eigenvalue weighted by molar-refractivity contribution is 5.95. The fourth-order valence-corrected chi connectivity index (χ4v) is 2.13. The molecule has 0 spiro atoms. The summed E-state index contributed by atoms with van der Waals surface area (Å²) in [4.78, 5) is 23.8. The van der Waals surface area contributed by atoms with Crippen LogP contribution in [0.15, 0.2) is 48.5 Å². The number of nitrogens with one attached hydrogen (secondary N) is 2. The van der Waals surface area contributed by atoms with Gasteiger partial charge in [-0.1, -0.05) is 29.8 Å². The van der Waals surface area contributed by atoms with Gasteiger partial charge in [-0.05, 0) is 36.8 Å². The summed E-state index contributed by atoms with van der Waals surface area (Å²) in [6.07, 6.45) is 0. The van der Waals surface area contributed by atoms with Gasteiger partial charge in [0, 0.05) is 30.8 Å². The molecule has 0 saturated heterocycles. The number of carbonyl (C=O) groups excluding carboxylic acids is 2. The minimum absolute atomic E-state index is 0.113. The minimum atomic E-state index is -0.147. The molecule has 2 aromatic carbocycles. The topological polar surface area (TPSA) is 84.2 Å². The number of hydrogen-bond donors (Lipinski definition) is 3. The van der Waals surface area contributed by atoms with Gasteiger partial charge in [-0.3, -0.25) is 9.59 Å². The number of benzene rings is 2. The van der Waals surface area contributed by atoms with Gasteiger partial charge in [-0.15, -0.1) is 0 Å². The van der Waals surface area contributed by atoms with Crippen molar-refractivity contribution in [3.8, 4) is 0 Å². The molecule has 0 aliphatic carbocycles. The first-order chi connectivity index (χ1) is 11.1. The summed E-state index contributed by atoms with van der Waals surface area (Å²) in [6.45, 7) is 3.23. The van der Waals surface area contributed by atoms with E-state index in [4.69, 9.17) is 5.73 Å². The molecule has 23 heavy (non-hydrogen) atoms. The molecule has 0 fully saturated rings. The molecule has 5 nitrogen and oxygen atoms in total. The second kappa shape index (κ2) is 8.10. The summed E-state index contributed by atoms with van der Waals surface area (Å²) in [7, 11) is 0. The molecule has 0 aromatic heterocycles. The number of nitrogens with two attached hydrogens (primary N) is 1. The van der Waals surface area contributed by atoms with Crippen molar-refractivity contribution in [1.29, 1.82) is 0 Å². The van der Waals surface area contributed by atoms with Gasteiger partial charge in [0.25, 0.3) is 11.8 Å². The van der Waals surface area contributed by atoms with E-state index >= 15 is 0 Å². The number of rotatable bonds is 6. The predicted octanol–water partition coefficient (Wildman–Crippen LogP) is 1.61. The van der Waals surface area contributed by atoms with E-state index in [1.54, 1.807) is 18.2 Å². The summed E-state index contributed by atoms with van der Waals surface area (Å²) in [5.74, 6) is -0.260. The number of amides is 2. The van der Waals surface area contributed by atoms with E-state index in [0.717, 1.165) is 11.1 Å². The van der Waals surface area contributed by atoms with Gasteiger partial charge in [0.2, 0.25) is 0 Å². The first kappa shape index (κ1) is 16.7. The standard InChI is InChI=1S/C18H21N3O2/c1-13-3-2-4-16(11-13)18(23)21-12-14-5-7-15(8-6-14)17(22)20-10-9-19/h2-8,11H,9-10,12,19H2,1H3,(H,20,22)(H,21,23). The molecule has 2 aromatic rings. The Labute approximate surface area is 135 Å². The van der Waals surface area contributed by atoms with Crippen molar-refractivity contribution in [2.45, 2.75) is 13.5 Å². The van der Waals surface area contributed by atoms with Crippen LogP contribution in [0.3, 0.4) is 0 Å². The maximum Gasteiger partial charge on any atom is 0.251 e. The van der Waals surface area contributed by atoms with Crippen LogP contribution in [0.4, 0.5) is 0 Å². The van der Waals surface area contributed by atoms with E-state index < -0.39 is 0 Å². The van der Waals surface area contributed by atoms with Crippen LogP contribution >= 0.6 is 0 Å². The van der Waals surface area contributed by atoms with Crippen molar-refractivity contribution >= 4 is 11.8 Å². The quantitative estimate of drug-likeness (QED) is 0.758. The Balaban J connectivity index is 1.91. The molecule has 0 atom stereocenters. The molecule has 0 heterocycles. The second-order valence-electron chi connectivity index (χ2n) is 5.29. The van der Waals surface area contributed by atoms with Crippen LogP contribution < -0.4 is 16.4 Å². The molecule has 4 N–H and O–H groups in total. The molecule has 0 saturated carbocycles. The fraction of sp³-hybridized carbons (Fsp3) is 0.222. The molecule has 0 radical (unpaired) electrons. The molecular weight excluding hydrogens is 290 g/mol. The summed E-state index contributed by atoms with van der Waals surface area (Å²) in [5.41, 5.74) is 8.55. The summed E-state index contributed by atoms with van der Waals surface area (Å²) in [5, 5.41) is 5.58. The highest BCUT2D eigenvalue weighted by Gasteiger charge is 2.07. The SMILES string of the molecule is Cc1cccc(C(=O)NCc2ccc(C(=O)NCCN)cc2)c1. The van der Waals surface area contributed by atoms with Crippen LogP contribution in [-0.2, 0) is 6.54 Å². The normalized spacial score (nSPS) is 10.2. The Morgan fingerprint density at radius 1 is 0.957 bits per heavy atom. The summed E-state index contributed by atoms with van der Waals surface area (Å²) >= 11 is 0. The highest BCUT2D eigenvalue weighted by atomic mass is 16.2. The van der Waals surface area contributed by atoms with E-state index in [2.05, 4.69) is 10.6 Å². The van der Waals surface area contributed by atoms with Crippen LogP contribution in [0.25, 0.3) is 0 Å². The molecular formula is C18H21N3O2. The van der Waals surface area contributed by atoms with E-state index in [9.17, 15) is 9.59 Å². The lowest BCUT2D eigenvalue weighted by Gasteiger charge is -2.07. The monoisotopic (exact) mass is 311 g/mol. The van der Waals surface area contributed by atoms with Gasteiger partial charge in [-0.2, -0.15) is 0 Å². The summed E-state index contributed by atoms with van der Waals surface area (Å²) < 4.78 is 0. The molecule has 0 unspecified atom stereocenters. The molecule has 5 heteroatoms. The van der Waals surface area contributed by atoms with Gasteiger partial charge < -0.3 is 16.4 Å². The molecule has 2 amide bonds. The van der Waals surface area contributed by atoms with Gasteiger partial charge in [0.05, 0.1) is 0 Å². The zero-order valence-electron chi connectivity index (χ0n) is 13.1. The Bertz CT molecular complexity index is 681. The smallest absolute Gasteiger partial charge is 0.251 e. The first-order valence-electron chi connectivity index (χ1n) is 7.52. The van der Waals surface area contributed by atoms with Crippen LogP contribution in [0.5, 0.6) is 0 Å². The lowest BCUT2D eigenvalue weighted by molar-refractivity contribution is 0.0943. The lowest BCUT2D eigenvalue weighted by Crippen LogP contribution is -2.29. The highest BCUT2D eigenvalue weighted by Crippen LogP contribution is 2.06. The number of carbonyl (C=O) groups is 2. The van der Waals surface area contributed by atoms with Crippen LogP contribution in [0, 0.1) is 6.92 Å². The Morgan fingerprint density at radius 3 is 2.30 bits per heavy atom. The number of aryl methyl sites for hydroxylation is 1. The average molecular weight is 311 g/mol. The zero-order valence-corrected chi connectivity index (χ0v) is 13.1. The molecule has 120 valence electrons. The van der Waals surface area contributed by atoms with E-state index in [0.29, 0.717) is 30.8 Å². The minimum Gasteiger partial charge on any atom is -0.351 e. The molecule has 2 rings (SSSR count). The second-order valence-corrected chi connectivity index (χ2v) is 5.29. The van der Waals surface area contributed by atoms with Crippen LogP contribution in [-0.4, -0.2) is 24.9 Å². The lowest BCUT2D eigenvalue weighted by atomic mass is 10.1. The van der Waals surface area contributed by atoms with Gasteiger partial charge in [-0.25, -0.2) is 0 Å². The predicted molar refractivity (Wildman–Crippen MR) is 90.2 cm³/mol. The van der Waals surface area contributed by atoms with Crippen LogP contribution in [0.1, 0.15) is 31.8 Å². The first-order valence-corrected chi connectivity index (χ1v) is 7.52. The Kier molecular flexibility index (Phi) is 5.88. The third-order valence-electron chi connectivity index (χ3n) is 3.38. The van der Waals surface area contributed by atoms with Crippen molar-refractivity contribution in [3.63, 3.8) is 0 Å². The van der Waals surface area contributed by atoms with Crippen LogP contribution in [0.2, 0.25) is 0 Å². The fourth-order valence-electron chi connectivity index (χ4n) is 2.13. The van der Waals surface area contributed by atoms with E-state index in [-0.39, 0.29) is 11.8 Å². The van der Waals surface area contributed by atoms with Crippen molar-refractivity contribution in [1.82, 2.24) is 10.6 Å². The summed E-state index contributed by atoms with van der Waals surface area (Å²) in [6, 6.07) is 14.6. The van der Waals surface area contributed by atoms with Gasteiger partial charge >= 0.3 is 0 Å². The Hall–Kier alpha value is -2.66. The largest absolute Gasteiger partial charge is 0.351 e. The van der Waals surface area contributed by atoms with Gasteiger partial charge in [0.1, 0.15) is 0 Å². The van der Waals surface area contributed by atoms with E-state index in [1.807, 2.05) is 37.3 Å². The third-order valence-corrected chi connectivity index (χ3v) is 3.38. The third kappa shape index (κ3) is 4.93.